The Labute approximate surface area is 107 Å². The Hall–Kier alpha value is -1.56. The molecule has 1 heterocycles. The fourth-order valence-electron chi connectivity index (χ4n) is 1.55. The van der Waals surface area contributed by atoms with Crippen LogP contribution in [-0.2, 0) is 0 Å². The van der Waals surface area contributed by atoms with Gasteiger partial charge in [0.15, 0.2) is 0 Å². The van der Waals surface area contributed by atoms with Crippen LogP contribution in [0.2, 0.25) is 0 Å². The van der Waals surface area contributed by atoms with Crippen molar-refractivity contribution < 1.29 is 9.90 Å². The molecule has 0 spiro atoms. The summed E-state index contributed by atoms with van der Waals surface area (Å²) >= 11 is 0. The van der Waals surface area contributed by atoms with Gasteiger partial charge in [0.2, 0.25) is 0 Å². The third-order valence-electron chi connectivity index (χ3n) is 2.97. The molecule has 102 valence electrons. The number of anilines is 1. The number of aromatic nitrogens is 2. The Kier molecular flexibility index (Phi) is 5.64. The number of nitrogens with zero attached hydrogens (tertiary/aromatic N) is 2. The van der Waals surface area contributed by atoms with Gasteiger partial charge in [-0.05, 0) is 19.8 Å². The molecule has 2 atom stereocenters. The second kappa shape index (κ2) is 7.00. The van der Waals surface area contributed by atoms with E-state index < -0.39 is 0 Å². The molecule has 0 bridgehead atoms. The maximum Gasteiger partial charge on any atom is 0.320 e. The first-order valence-corrected chi connectivity index (χ1v) is 6.34. The van der Waals surface area contributed by atoms with Crippen LogP contribution in [0.25, 0.3) is 0 Å². The van der Waals surface area contributed by atoms with Crippen molar-refractivity contribution in [1.82, 2.24) is 15.1 Å². The molecule has 0 aliphatic rings. The van der Waals surface area contributed by atoms with Crippen LogP contribution in [0.5, 0.6) is 0 Å². The molecule has 0 aliphatic heterocycles. The van der Waals surface area contributed by atoms with Crippen LogP contribution in [0.3, 0.4) is 0 Å². The Balaban J connectivity index is 2.62. The molecule has 3 N–H and O–H groups in total. The van der Waals surface area contributed by atoms with Crippen LogP contribution in [0.15, 0.2) is 12.3 Å². The van der Waals surface area contributed by atoms with Gasteiger partial charge in [-0.3, -0.25) is 5.32 Å². The molecule has 2 amide bonds. The number of nitrogens with one attached hydrogen (secondary N) is 2. The SMILES string of the molecule is CCC(CO)NC(=O)Nc1ccnn1C(C)CC. The van der Waals surface area contributed by atoms with E-state index in [4.69, 9.17) is 5.11 Å². The first kappa shape index (κ1) is 14.5. The quantitative estimate of drug-likeness (QED) is 0.723. The van der Waals surface area contributed by atoms with E-state index in [-0.39, 0.29) is 24.7 Å². The zero-order valence-corrected chi connectivity index (χ0v) is 11.2. The second-order valence-corrected chi connectivity index (χ2v) is 4.30. The van der Waals surface area contributed by atoms with Gasteiger partial charge in [-0.2, -0.15) is 5.10 Å². The highest BCUT2D eigenvalue weighted by atomic mass is 16.3. The Morgan fingerprint density at radius 2 is 2.22 bits per heavy atom. The predicted molar refractivity (Wildman–Crippen MR) is 70.5 cm³/mol. The molecule has 1 aromatic heterocycles. The fraction of sp³-hybridized carbons (Fsp3) is 0.667. The highest BCUT2D eigenvalue weighted by Gasteiger charge is 2.13. The van der Waals surface area contributed by atoms with Gasteiger partial charge in [-0.15, -0.1) is 0 Å². The molecule has 1 aromatic rings. The van der Waals surface area contributed by atoms with Crippen molar-refractivity contribution in [2.24, 2.45) is 0 Å². The Morgan fingerprint density at radius 1 is 1.50 bits per heavy atom. The predicted octanol–water partition coefficient (Wildman–Crippen LogP) is 1.75. The molecule has 0 saturated carbocycles. The molecule has 0 saturated heterocycles. The summed E-state index contributed by atoms with van der Waals surface area (Å²) in [4.78, 5) is 11.7. The summed E-state index contributed by atoms with van der Waals surface area (Å²) < 4.78 is 1.78. The molecule has 2 unspecified atom stereocenters. The van der Waals surface area contributed by atoms with Crippen molar-refractivity contribution in [3.63, 3.8) is 0 Å². The summed E-state index contributed by atoms with van der Waals surface area (Å²) in [5.41, 5.74) is 0. The van der Waals surface area contributed by atoms with Crippen molar-refractivity contribution >= 4 is 11.8 Å². The average molecular weight is 254 g/mol. The lowest BCUT2D eigenvalue weighted by atomic mass is 10.2. The lowest BCUT2D eigenvalue weighted by Gasteiger charge is -2.17. The van der Waals surface area contributed by atoms with Gasteiger partial charge < -0.3 is 10.4 Å². The zero-order chi connectivity index (χ0) is 13.5. The molecule has 6 nitrogen and oxygen atoms in total. The lowest BCUT2D eigenvalue weighted by Crippen LogP contribution is -2.40. The zero-order valence-electron chi connectivity index (χ0n) is 11.2. The number of aliphatic hydroxyl groups excluding tert-OH is 1. The highest BCUT2D eigenvalue weighted by Crippen LogP contribution is 2.16. The molecule has 18 heavy (non-hydrogen) atoms. The summed E-state index contributed by atoms with van der Waals surface area (Å²) in [6.07, 6.45) is 3.28. The Morgan fingerprint density at radius 3 is 2.78 bits per heavy atom. The van der Waals surface area contributed by atoms with Crippen LogP contribution >= 0.6 is 0 Å². The van der Waals surface area contributed by atoms with Crippen molar-refractivity contribution in [3.05, 3.63) is 12.3 Å². The van der Waals surface area contributed by atoms with E-state index >= 15 is 0 Å². The van der Waals surface area contributed by atoms with Gasteiger partial charge in [0.25, 0.3) is 0 Å². The lowest BCUT2D eigenvalue weighted by molar-refractivity contribution is 0.222. The van der Waals surface area contributed by atoms with E-state index in [0.29, 0.717) is 12.2 Å². The van der Waals surface area contributed by atoms with Gasteiger partial charge in [0, 0.05) is 6.07 Å². The summed E-state index contributed by atoms with van der Waals surface area (Å²) in [5.74, 6) is 0.662. The number of rotatable bonds is 6. The number of carbonyl (C=O) groups is 1. The minimum Gasteiger partial charge on any atom is -0.394 e. The van der Waals surface area contributed by atoms with Gasteiger partial charge in [-0.1, -0.05) is 13.8 Å². The van der Waals surface area contributed by atoms with Gasteiger partial charge in [-0.25, -0.2) is 9.48 Å². The molecule has 1 rings (SSSR count). The van der Waals surface area contributed by atoms with Crippen LogP contribution in [0, 0.1) is 0 Å². The number of urea groups is 1. The highest BCUT2D eigenvalue weighted by molar-refractivity contribution is 5.88. The molecular weight excluding hydrogens is 232 g/mol. The summed E-state index contributed by atoms with van der Waals surface area (Å²) in [5, 5.41) is 18.6. The smallest absolute Gasteiger partial charge is 0.320 e. The van der Waals surface area contributed by atoms with Crippen molar-refractivity contribution in [2.45, 2.75) is 45.7 Å². The normalized spacial score (nSPS) is 14.0. The minimum atomic E-state index is -0.319. The third-order valence-corrected chi connectivity index (χ3v) is 2.97. The van der Waals surface area contributed by atoms with E-state index in [1.54, 1.807) is 16.9 Å². The van der Waals surface area contributed by atoms with Crippen molar-refractivity contribution in [2.75, 3.05) is 11.9 Å². The van der Waals surface area contributed by atoms with Crippen molar-refractivity contribution in [1.29, 1.82) is 0 Å². The molecule has 0 aliphatic carbocycles. The molecular formula is C12H22N4O2. The summed E-state index contributed by atoms with van der Waals surface area (Å²) in [6.45, 7) is 5.95. The topological polar surface area (TPSA) is 79.2 Å². The monoisotopic (exact) mass is 254 g/mol. The van der Waals surface area contributed by atoms with Crippen LogP contribution in [0.1, 0.15) is 39.7 Å². The van der Waals surface area contributed by atoms with E-state index in [1.165, 1.54) is 0 Å². The fourth-order valence-corrected chi connectivity index (χ4v) is 1.55. The second-order valence-electron chi connectivity index (χ2n) is 4.30. The number of aliphatic hydroxyl groups is 1. The number of carbonyl (C=O) groups excluding carboxylic acids is 1. The molecule has 0 radical (unpaired) electrons. The largest absolute Gasteiger partial charge is 0.394 e. The number of hydrogen-bond acceptors (Lipinski definition) is 3. The van der Waals surface area contributed by atoms with Crippen LogP contribution in [0.4, 0.5) is 10.6 Å². The third kappa shape index (κ3) is 3.73. The van der Waals surface area contributed by atoms with Gasteiger partial charge in [0.1, 0.15) is 5.82 Å². The summed E-state index contributed by atoms with van der Waals surface area (Å²) in [6, 6.07) is 1.45. The standard InChI is InChI=1S/C12H22N4O2/c1-4-9(3)16-11(6-7-13-16)15-12(18)14-10(5-2)8-17/h6-7,9-10,17H,4-5,8H2,1-3H3,(H2,14,15,18). The first-order valence-electron chi connectivity index (χ1n) is 6.34. The van der Waals surface area contributed by atoms with Gasteiger partial charge in [0.05, 0.1) is 24.9 Å². The minimum absolute atomic E-state index is 0.0610. The first-order chi connectivity index (χ1) is 8.62. The molecule has 0 aromatic carbocycles. The van der Waals surface area contributed by atoms with Crippen molar-refractivity contribution in [3.8, 4) is 0 Å². The van der Waals surface area contributed by atoms with E-state index in [1.807, 2.05) is 13.8 Å². The van der Waals surface area contributed by atoms with E-state index in [0.717, 1.165) is 6.42 Å². The van der Waals surface area contributed by atoms with Crippen LogP contribution < -0.4 is 10.6 Å². The summed E-state index contributed by atoms with van der Waals surface area (Å²) in [7, 11) is 0. The molecule has 6 heteroatoms. The molecule has 0 fully saturated rings. The maximum atomic E-state index is 11.7. The van der Waals surface area contributed by atoms with Crippen LogP contribution in [-0.4, -0.2) is 33.6 Å². The maximum absolute atomic E-state index is 11.7. The van der Waals surface area contributed by atoms with E-state index in [9.17, 15) is 4.79 Å². The van der Waals surface area contributed by atoms with E-state index in [2.05, 4.69) is 22.7 Å². The number of hydrogen-bond donors (Lipinski definition) is 3. The average Bonchev–Trinajstić information content (AvgIpc) is 2.82. The Bertz CT molecular complexity index is 374. The van der Waals surface area contributed by atoms with Gasteiger partial charge >= 0.3 is 6.03 Å². The number of amides is 2.